The van der Waals surface area contributed by atoms with Crippen LogP contribution >= 0.6 is 0 Å². The van der Waals surface area contributed by atoms with Crippen molar-refractivity contribution in [3.8, 4) is 0 Å². The zero-order valence-electron chi connectivity index (χ0n) is 17.0. The number of hydrogen-bond acceptors (Lipinski definition) is 4. The highest BCUT2D eigenvalue weighted by Gasteiger charge is 2.45. The first-order valence-corrected chi connectivity index (χ1v) is 10.3. The quantitative estimate of drug-likeness (QED) is 0.810. The van der Waals surface area contributed by atoms with Crippen molar-refractivity contribution >= 4 is 11.8 Å². The summed E-state index contributed by atoms with van der Waals surface area (Å²) in [5.41, 5.74) is 2.84. The molecule has 2 fully saturated rings. The van der Waals surface area contributed by atoms with Gasteiger partial charge < -0.3 is 19.9 Å². The summed E-state index contributed by atoms with van der Waals surface area (Å²) in [6, 6.07) is 5.38. The van der Waals surface area contributed by atoms with Crippen LogP contribution in [0.5, 0.6) is 0 Å². The molecule has 29 heavy (non-hydrogen) atoms. The van der Waals surface area contributed by atoms with Crippen LogP contribution in [0.25, 0.3) is 0 Å². The summed E-state index contributed by atoms with van der Waals surface area (Å²) >= 11 is 0. The van der Waals surface area contributed by atoms with Crippen LogP contribution in [0.15, 0.2) is 30.6 Å². The van der Waals surface area contributed by atoms with Gasteiger partial charge in [-0.05, 0) is 42.0 Å². The molecule has 0 radical (unpaired) electrons. The van der Waals surface area contributed by atoms with E-state index in [2.05, 4.69) is 23.8 Å². The summed E-state index contributed by atoms with van der Waals surface area (Å²) < 4.78 is 0. The molecule has 2 atom stereocenters. The van der Waals surface area contributed by atoms with Gasteiger partial charge in [0.2, 0.25) is 0 Å². The van der Waals surface area contributed by atoms with Gasteiger partial charge >= 0.3 is 0 Å². The molecule has 2 aromatic heterocycles. The van der Waals surface area contributed by atoms with E-state index in [1.54, 1.807) is 17.0 Å². The number of hydrogen-bond donors (Lipinski definition) is 2. The largest absolute Gasteiger partial charge is 0.392 e. The van der Waals surface area contributed by atoms with Gasteiger partial charge in [0.25, 0.3) is 11.8 Å². The van der Waals surface area contributed by atoms with Crippen LogP contribution in [0.2, 0.25) is 0 Å². The fourth-order valence-electron chi connectivity index (χ4n) is 4.49. The third-order valence-electron chi connectivity index (χ3n) is 5.94. The highest BCUT2D eigenvalue weighted by atomic mass is 16.3. The van der Waals surface area contributed by atoms with E-state index in [-0.39, 0.29) is 24.5 Å². The van der Waals surface area contributed by atoms with Crippen LogP contribution in [-0.2, 0) is 13.0 Å². The highest BCUT2D eigenvalue weighted by Crippen LogP contribution is 2.33. The fourth-order valence-corrected chi connectivity index (χ4v) is 4.49. The van der Waals surface area contributed by atoms with Crippen LogP contribution in [-0.4, -0.2) is 62.4 Å². The molecule has 2 aliphatic rings. The van der Waals surface area contributed by atoms with E-state index >= 15 is 0 Å². The van der Waals surface area contributed by atoms with Crippen LogP contribution in [0.1, 0.15) is 52.4 Å². The Bertz CT molecular complexity index is 890. The zero-order valence-corrected chi connectivity index (χ0v) is 17.0. The van der Waals surface area contributed by atoms with Crippen molar-refractivity contribution in [2.45, 2.75) is 39.3 Å². The number of nitrogens with one attached hydrogen (secondary N) is 1. The van der Waals surface area contributed by atoms with Crippen LogP contribution < -0.4 is 0 Å². The van der Waals surface area contributed by atoms with E-state index in [1.807, 2.05) is 17.2 Å². The molecule has 0 bridgehead atoms. The zero-order chi connectivity index (χ0) is 20.5. The lowest BCUT2D eigenvalue weighted by atomic mass is 10.0. The van der Waals surface area contributed by atoms with Crippen molar-refractivity contribution in [1.29, 1.82) is 0 Å². The van der Waals surface area contributed by atoms with E-state index in [0.717, 1.165) is 24.9 Å². The molecule has 2 aromatic rings. The maximum Gasteiger partial charge on any atom is 0.272 e. The van der Waals surface area contributed by atoms with Gasteiger partial charge in [0.05, 0.1) is 12.6 Å². The van der Waals surface area contributed by atoms with Crippen LogP contribution in [0.3, 0.4) is 0 Å². The number of carbonyl (C=O) groups excluding carboxylic acids is 2. The Kier molecular flexibility index (Phi) is 5.41. The normalized spacial score (nSPS) is 21.1. The molecule has 2 aliphatic heterocycles. The number of fused-ring (bicyclic) bond motifs is 1. The number of nitrogens with zero attached hydrogens (tertiary/aromatic N) is 3. The lowest BCUT2D eigenvalue weighted by molar-refractivity contribution is 0.0683. The predicted octanol–water partition coefficient (Wildman–Crippen LogP) is 2.09. The Balaban J connectivity index is 1.43. The second-order valence-corrected chi connectivity index (χ2v) is 8.55. The van der Waals surface area contributed by atoms with Gasteiger partial charge in [0.15, 0.2) is 0 Å². The molecule has 0 aliphatic carbocycles. The standard InChI is InChI=1S/C22H28N4O3/c1-14(2)7-16-8-19(24-10-16)22(29)26-6-5-17-11-25(12-20(17)26)21(28)18-4-3-15(13-27)9-23-18/h3-4,8-10,14,17,20,24,27H,5-7,11-13H2,1-2H3/t17-,20+/m1/s1. The molecule has 7 heteroatoms. The third kappa shape index (κ3) is 3.92. The Morgan fingerprint density at radius 3 is 2.76 bits per heavy atom. The summed E-state index contributed by atoms with van der Waals surface area (Å²) in [6.07, 6.45) is 5.31. The average molecular weight is 396 g/mol. The number of aromatic amines is 1. The number of likely N-dealkylation sites (tertiary alicyclic amines) is 2. The van der Waals surface area contributed by atoms with Crippen LogP contribution in [0, 0.1) is 11.8 Å². The van der Waals surface area contributed by atoms with Crippen LogP contribution in [0.4, 0.5) is 0 Å². The number of aromatic nitrogens is 2. The van der Waals surface area contributed by atoms with Gasteiger partial charge in [-0.1, -0.05) is 19.9 Å². The Labute approximate surface area is 170 Å². The topological polar surface area (TPSA) is 89.5 Å². The lowest BCUT2D eigenvalue weighted by Crippen LogP contribution is -2.41. The first kappa shape index (κ1) is 19.6. The molecule has 7 nitrogen and oxygen atoms in total. The number of H-pyrrole nitrogens is 1. The van der Waals surface area contributed by atoms with E-state index < -0.39 is 0 Å². The van der Waals surface area contributed by atoms with E-state index in [0.29, 0.717) is 41.9 Å². The minimum atomic E-state index is -0.115. The maximum absolute atomic E-state index is 13.1. The molecule has 0 saturated carbocycles. The molecule has 0 spiro atoms. The smallest absolute Gasteiger partial charge is 0.272 e. The first-order chi connectivity index (χ1) is 14.0. The number of carbonyl (C=O) groups is 2. The Morgan fingerprint density at radius 1 is 1.24 bits per heavy atom. The lowest BCUT2D eigenvalue weighted by Gasteiger charge is -2.24. The SMILES string of the molecule is CC(C)Cc1c[nH]c(C(=O)N2CC[C@@H]3CN(C(=O)c4ccc(CO)cn4)C[C@@H]32)c1. The van der Waals surface area contributed by atoms with Crippen molar-refractivity contribution < 1.29 is 14.7 Å². The predicted molar refractivity (Wildman–Crippen MR) is 108 cm³/mol. The minimum absolute atomic E-state index is 0.0206. The van der Waals surface area contributed by atoms with Crippen molar-refractivity contribution in [2.24, 2.45) is 11.8 Å². The van der Waals surface area contributed by atoms with Gasteiger partial charge in [-0.25, -0.2) is 0 Å². The number of amides is 2. The van der Waals surface area contributed by atoms with Gasteiger partial charge in [-0.15, -0.1) is 0 Å². The molecule has 4 heterocycles. The maximum atomic E-state index is 13.1. The summed E-state index contributed by atoms with van der Waals surface area (Å²) in [5, 5.41) is 9.13. The monoisotopic (exact) mass is 396 g/mol. The van der Waals surface area contributed by atoms with Gasteiger partial charge in [0.1, 0.15) is 11.4 Å². The minimum Gasteiger partial charge on any atom is -0.392 e. The third-order valence-corrected chi connectivity index (χ3v) is 5.94. The molecular weight excluding hydrogens is 368 g/mol. The second kappa shape index (κ2) is 7.99. The molecular formula is C22H28N4O3. The molecule has 2 amide bonds. The number of aliphatic hydroxyl groups excluding tert-OH is 1. The molecule has 0 aromatic carbocycles. The molecule has 4 rings (SSSR count). The summed E-state index contributed by atoms with van der Waals surface area (Å²) in [4.78, 5) is 36.9. The van der Waals surface area contributed by atoms with Gasteiger partial charge in [0, 0.05) is 37.9 Å². The van der Waals surface area contributed by atoms with Crippen molar-refractivity contribution in [2.75, 3.05) is 19.6 Å². The molecule has 0 unspecified atom stereocenters. The number of aliphatic hydroxyl groups is 1. The second-order valence-electron chi connectivity index (χ2n) is 8.55. The summed E-state index contributed by atoms with van der Waals surface area (Å²) in [6.45, 7) is 6.16. The number of pyridine rings is 1. The Hall–Kier alpha value is -2.67. The van der Waals surface area contributed by atoms with Gasteiger partial charge in [-0.3, -0.25) is 14.6 Å². The van der Waals surface area contributed by atoms with Crippen molar-refractivity contribution in [1.82, 2.24) is 19.8 Å². The summed E-state index contributed by atoms with van der Waals surface area (Å²) in [7, 11) is 0. The fraction of sp³-hybridized carbons (Fsp3) is 0.500. The highest BCUT2D eigenvalue weighted by molar-refractivity contribution is 5.94. The van der Waals surface area contributed by atoms with E-state index in [9.17, 15) is 9.59 Å². The molecule has 2 N–H and O–H groups in total. The van der Waals surface area contributed by atoms with Gasteiger partial charge in [-0.2, -0.15) is 0 Å². The van der Waals surface area contributed by atoms with Crippen molar-refractivity contribution in [3.05, 3.63) is 53.1 Å². The summed E-state index contributed by atoms with van der Waals surface area (Å²) in [5.74, 6) is 0.756. The van der Waals surface area contributed by atoms with Crippen molar-refractivity contribution in [3.63, 3.8) is 0 Å². The van der Waals surface area contributed by atoms with E-state index in [4.69, 9.17) is 5.11 Å². The average Bonchev–Trinajstić information content (AvgIpc) is 3.42. The number of rotatable bonds is 5. The van der Waals surface area contributed by atoms with E-state index in [1.165, 1.54) is 6.20 Å². The molecule has 154 valence electrons. The Morgan fingerprint density at radius 2 is 2.07 bits per heavy atom. The first-order valence-electron chi connectivity index (χ1n) is 10.3. The molecule has 2 saturated heterocycles.